The van der Waals surface area contributed by atoms with Gasteiger partial charge in [-0.3, -0.25) is 9.52 Å². The molecule has 0 rings (SSSR count). The van der Waals surface area contributed by atoms with E-state index < -0.39 is 12.1 Å². The Balaban J connectivity index is 3.54. The van der Waals surface area contributed by atoms with Crippen LogP contribution in [-0.2, 0) is 4.79 Å². The van der Waals surface area contributed by atoms with Gasteiger partial charge >= 0.3 is 6.04 Å². The summed E-state index contributed by atoms with van der Waals surface area (Å²) < 4.78 is 14.0. The van der Waals surface area contributed by atoms with E-state index in [1.54, 1.807) is 6.26 Å². The van der Waals surface area contributed by atoms with E-state index >= 15 is 0 Å². The van der Waals surface area contributed by atoms with Gasteiger partial charge in [0, 0.05) is 5.75 Å². The Morgan fingerprint density at radius 3 is 2.67 bits per heavy atom. The van der Waals surface area contributed by atoms with Crippen molar-refractivity contribution in [1.29, 1.82) is 0 Å². The van der Waals surface area contributed by atoms with Crippen molar-refractivity contribution in [1.82, 2.24) is 4.72 Å². The smallest absolute Gasteiger partial charge is 0.259 e. The molecule has 0 spiro atoms. The minimum Gasteiger partial charge on any atom is -0.259 e. The second-order valence-electron chi connectivity index (χ2n) is 1.44. The van der Waals surface area contributed by atoms with Crippen molar-refractivity contribution in [2.24, 2.45) is 0 Å². The predicted molar refractivity (Wildman–Crippen MR) is 40.4 cm³/mol. The quantitative estimate of drug-likeness (QED) is 0.478. The molecular weight excluding hydrogens is 161 g/mol. The lowest BCUT2D eigenvalue weighted by molar-refractivity contribution is -0.130. The monoisotopic (exact) mass is 169 g/mol. The molecule has 0 aromatic rings. The van der Waals surface area contributed by atoms with Gasteiger partial charge in [0.15, 0.2) is 0 Å². The summed E-state index contributed by atoms with van der Waals surface area (Å²) in [5.74, 6) is 0.416. The van der Waals surface area contributed by atoms with Gasteiger partial charge in [-0.2, -0.15) is 16.2 Å². The molecule has 0 aliphatic carbocycles. The Bertz CT molecular complexity index is 101. The molecule has 0 saturated carbocycles. The molecule has 9 heavy (non-hydrogen) atoms. The zero-order valence-electron chi connectivity index (χ0n) is 4.93. The van der Waals surface area contributed by atoms with Gasteiger partial charge in [-0.25, -0.2) is 0 Å². The summed E-state index contributed by atoms with van der Waals surface area (Å²) in [5.41, 5.74) is 0. The fraction of sp³-hybridized carbons (Fsp3) is 0.750. The van der Waals surface area contributed by atoms with Crippen molar-refractivity contribution in [3.63, 3.8) is 0 Å². The molecule has 0 radical (unpaired) electrons. The molecule has 0 bridgehead atoms. The van der Waals surface area contributed by atoms with E-state index in [0.717, 1.165) is 0 Å². The highest BCUT2D eigenvalue weighted by atomic mass is 32.2. The molecule has 1 unspecified atom stereocenters. The first-order chi connectivity index (χ1) is 4.22. The van der Waals surface area contributed by atoms with Crippen LogP contribution in [0.25, 0.3) is 0 Å². The number of nitrogens with one attached hydrogen (secondary N) is 1. The molecule has 0 aromatic carbocycles. The van der Waals surface area contributed by atoms with Crippen LogP contribution >= 0.6 is 24.6 Å². The van der Waals surface area contributed by atoms with Crippen molar-refractivity contribution in [2.45, 2.75) is 6.04 Å². The number of thiol groups is 1. The predicted octanol–water partition coefficient (Wildman–Crippen LogP) is 0.648. The van der Waals surface area contributed by atoms with Gasteiger partial charge in [-0.05, 0) is 6.26 Å². The van der Waals surface area contributed by atoms with Crippen molar-refractivity contribution in [2.75, 3.05) is 12.0 Å². The van der Waals surface area contributed by atoms with Gasteiger partial charge in [-0.1, -0.05) is 12.8 Å². The van der Waals surface area contributed by atoms with Crippen LogP contribution in [-0.4, -0.2) is 24.1 Å². The maximum absolute atomic E-state index is 11.8. The molecule has 0 amide bonds. The molecule has 1 N–H and O–H groups in total. The summed E-state index contributed by atoms with van der Waals surface area (Å²) in [5, 5.41) is 0. The van der Waals surface area contributed by atoms with E-state index in [-0.39, 0.29) is 0 Å². The third-order valence-electron chi connectivity index (χ3n) is 0.763. The Morgan fingerprint density at radius 2 is 2.56 bits per heavy atom. The van der Waals surface area contributed by atoms with Gasteiger partial charge in [0.05, 0.1) is 0 Å². The van der Waals surface area contributed by atoms with Crippen molar-refractivity contribution >= 4 is 30.6 Å². The second kappa shape index (κ2) is 5.08. The van der Waals surface area contributed by atoms with Crippen LogP contribution in [0.1, 0.15) is 0 Å². The number of hydrogen-bond acceptors (Lipinski definition) is 4. The third-order valence-corrected chi connectivity index (χ3v) is 1.74. The SMILES string of the molecule is CSCC(NS)C(=O)F. The van der Waals surface area contributed by atoms with Crippen LogP contribution in [0.2, 0.25) is 0 Å². The second-order valence-corrected chi connectivity index (χ2v) is 2.61. The fourth-order valence-electron chi connectivity index (χ4n) is 0.320. The minimum absolute atomic E-state index is 0.416. The summed E-state index contributed by atoms with van der Waals surface area (Å²) in [4.78, 5) is 9.97. The Morgan fingerprint density at radius 1 is 2.00 bits per heavy atom. The van der Waals surface area contributed by atoms with Crippen molar-refractivity contribution < 1.29 is 9.18 Å². The molecule has 0 aromatic heterocycles. The molecule has 0 aliphatic rings. The first-order valence-electron chi connectivity index (χ1n) is 2.30. The van der Waals surface area contributed by atoms with Crippen molar-refractivity contribution in [3.05, 3.63) is 0 Å². The maximum Gasteiger partial charge on any atom is 0.319 e. The van der Waals surface area contributed by atoms with E-state index in [2.05, 4.69) is 17.5 Å². The van der Waals surface area contributed by atoms with Crippen molar-refractivity contribution in [3.8, 4) is 0 Å². The van der Waals surface area contributed by atoms with Crippen LogP contribution in [0, 0.1) is 0 Å². The first-order valence-corrected chi connectivity index (χ1v) is 4.14. The van der Waals surface area contributed by atoms with Crippen LogP contribution in [0.5, 0.6) is 0 Å². The number of halogens is 1. The average molecular weight is 169 g/mol. The number of carbonyl (C=O) groups is 1. The van der Waals surface area contributed by atoms with Crippen LogP contribution < -0.4 is 4.72 Å². The van der Waals surface area contributed by atoms with Crippen LogP contribution in [0.3, 0.4) is 0 Å². The lowest BCUT2D eigenvalue weighted by atomic mass is 10.4. The fourth-order valence-corrected chi connectivity index (χ4v) is 1.18. The van der Waals surface area contributed by atoms with Crippen LogP contribution in [0.4, 0.5) is 4.39 Å². The van der Waals surface area contributed by atoms with E-state index in [1.807, 2.05) is 0 Å². The number of carbonyl (C=O) groups excluding carboxylic acids is 1. The molecule has 5 heteroatoms. The lowest BCUT2D eigenvalue weighted by Crippen LogP contribution is -2.30. The summed E-state index contributed by atoms with van der Waals surface area (Å²) in [6.07, 6.45) is 1.79. The van der Waals surface area contributed by atoms with Crippen LogP contribution in [0.15, 0.2) is 0 Å². The Labute approximate surface area is 63.1 Å². The molecule has 1 atom stereocenters. The van der Waals surface area contributed by atoms with E-state index in [1.165, 1.54) is 11.8 Å². The van der Waals surface area contributed by atoms with E-state index in [9.17, 15) is 9.18 Å². The highest BCUT2D eigenvalue weighted by Crippen LogP contribution is 1.99. The summed E-state index contributed by atoms with van der Waals surface area (Å²) in [6, 6.07) is -2.12. The summed E-state index contributed by atoms with van der Waals surface area (Å²) >= 11 is 4.96. The molecule has 54 valence electrons. The summed E-state index contributed by atoms with van der Waals surface area (Å²) in [6.45, 7) is 0. The highest BCUT2D eigenvalue weighted by Gasteiger charge is 2.13. The number of hydrogen-bond donors (Lipinski definition) is 2. The highest BCUT2D eigenvalue weighted by molar-refractivity contribution is 7.98. The Hall–Kier alpha value is 0.260. The summed E-state index contributed by atoms with van der Waals surface area (Å²) in [7, 11) is 0. The standard InChI is InChI=1S/C4H8FNOS2/c1-9-2-3(6-8)4(5)7/h3,6,8H,2H2,1H3. The number of rotatable bonds is 4. The largest absolute Gasteiger partial charge is 0.319 e. The van der Waals surface area contributed by atoms with Gasteiger partial charge in [0.2, 0.25) is 0 Å². The van der Waals surface area contributed by atoms with Gasteiger partial charge in [0.1, 0.15) is 6.04 Å². The zero-order valence-corrected chi connectivity index (χ0v) is 6.64. The molecule has 0 saturated heterocycles. The van der Waals surface area contributed by atoms with E-state index in [0.29, 0.717) is 5.75 Å². The maximum atomic E-state index is 11.8. The molecular formula is C4H8FNOS2. The van der Waals surface area contributed by atoms with E-state index in [4.69, 9.17) is 0 Å². The van der Waals surface area contributed by atoms with Gasteiger partial charge < -0.3 is 0 Å². The third kappa shape index (κ3) is 3.77. The molecule has 2 nitrogen and oxygen atoms in total. The van der Waals surface area contributed by atoms with Gasteiger partial charge in [0.25, 0.3) is 0 Å². The minimum atomic E-state index is -1.36. The lowest BCUT2D eigenvalue weighted by Gasteiger charge is -2.05. The molecule has 0 heterocycles. The molecule has 0 aliphatic heterocycles. The zero-order chi connectivity index (χ0) is 7.28. The van der Waals surface area contributed by atoms with Gasteiger partial charge in [-0.15, -0.1) is 0 Å². The Kier molecular flexibility index (Phi) is 5.22. The topological polar surface area (TPSA) is 29.1 Å². The normalized spacial score (nSPS) is 13.2. The first kappa shape index (κ1) is 9.26. The average Bonchev–Trinajstić information content (AvgIpc) is 1.82. The molecule has 0 fully saturated rings. The number of thioether (sulfide) groups is 1.